The number of carboxylic acids is 1. The van der Waals surface area contributed by atoms with Crippen LogP contribution >= 0.6 is 11.3 Å². The van der Waals surface area contributed by atoms with Gasteiger partial charge in [-0.2, -0.15) is 0 Å². The second-order valence-electron chi connectivity index (χ2n) is 9.45. The summed E-state index contributed by atoms with van der Waals surface area (Å²) in [7, 11) is 0. The Labute approximate surface area is 200 Å². The Balaban J connectivity index is 1.93. The number of hydrogen-bond acceptors (Lipinski definition) is 4. The summed E-state index contributed by atoms with van der Waals surface area (Å²) in [4.78, 5) is 30.7. The van der Waals surface area contributed by atoms with Crippen molar-refractivity contribution in [3.8, 4) is 0 Å². The molecule has 7 heteroatoms. The van der Waals surface area contributed by atoms with Crippen molar-refractivity contribution in [1.82, 2.24) is 14.9 Å². The quantitative estimate of drug-likeness (QED) is 0.365. The highest BCUT2D eigenvalue weighted by molar-refractivity contribution is 7.09. The van der Waals surface area contributed by atoms with Crippen molar-refractivity contribution >= 4 is 34.2 Å². The number of benzene rings is 1. The van der Waals surface area contributed by atoms with Crippen molar-refractivity contribution in [1.29, 1.82) is 0 Å². The molecule has 0 saturated carbocycles. The number of thiophene rings is 1. The second-order valence-corrected chi connectivity index (χ2v) is 10.5. The number of nitrogens with one attached hydrogen (secondary N) is 1. The topological polar surface area (TPSA) is 84.2 Å². The number of fused-ring (bicyclic) bond motifs is 1. The summed E-state index contributed by atoms with van der Waals surface area (Å²) >= 11 is 1.71. The highest BCUT2D eigenvalue weighted by atomic mass is 32.1. The lowest BCUT2D eigenvalue weighted by atomic mass is 9.99. The molecule has 6 nitrogen and oxygen atoms in total. The molecule has 178 valence electrons. The van der Waals surface area contributed by atoms with Crippen LogP contribution in [0.2, 0.25) is 0 Å². The standard InChI is InChI=1S/C26H35N3O3S/c1-6-17(4)13-22(26(31)32)28-25(30)19-9-10-23-21(14-19)27-24(15-20-8-7-11-33-20)29(23)18(5)12-16(2)3/h7-11,14,16-18,22H,6,12-13,15H2,1-5H3,(H,28,30)(H,31,32). The van der Waals surface area contributed by atoms with Gasteiger partial charge in [0.15, 0.2) is 0 Å². The van der Waals surface area contributed by atoms with Gasteiger partial charge in [0.05, 0.1) is 11.0 Å². The van der Waals surface area contributed by atoms with Gasteiger partial charge in [0.25, 0.3) is 5.91 Å². The number of imidazole rings is 1. The summed E-state index contributed by atoms with van der Waals surface area (Å²) in [6.45, 7) is 10.7. The summed E-state index contributed by atoms with van der Waals surface area (Å²) in [6.07, 6.45) is 3.05. The van der Waals surface area contributed by atoms with Crippen LogP contribution in [-0.2, 0) is 11.2 Å². The first kappa shape index (κ1) is 25.0. The first-order chi connectivity index (χ1) is 15.7. The summed E-state index contributed by atoms with van der Waals surface area (Å²) in [5.74, 6) is 0.368. The molecule has 0 aliphatic carbocycles. The van der Waals surface area contributed by atoms with E-state index in [4.69, 9.17) is 4.98 Å². The zero-order valence-corrected chi connectivity index (χ0v) is 21.0. The minimum absolute atomic E-state index is 0.215. The van der Waals surface area contributed by atoms with Gasteiger partial charge >= 0.3 is 5.97 Å². The van der Waals surface area contributed by atoms with Gasteiger partial charge in [0.2, 0.25) is 0 Å². The Morgan fingerprint density at radius 3 is 2.52 bits per heavy atom. The maximum Gasteiger partial charge on any atom is 0.326 e. The molecule has 1 aromatic carbocycles. The Hall–Kier alpha value is -2.67. The van der Waals surface area contributed by atoms with Crippen molar-refractivity contribution in [2.24, 2.45) is 11.8 Å². The van der Waals surface area contributed by atoms with E-state index in [1.54, 1.807) is 23.5 Å². The molecule has 0 fully saturated rings. The predicted octanol–water partition coefficient (Wildman–Crippen LogP) is 5.91. The largest absolute Gasteiger partial charge is 0.480 e. The third-order valence-corrected chi connectivity index (χ3v) is 7.01. The number of carboxylic acid groups (broad SMARTS) is 1. The minimum atomic E-state index is -1.00. The molecule has 0 aliphatic heterocycles. The lowest BCUT2D eigenvalue weighted by Gasteiger charge is -2.20. The van der Waals surface area contributed by atoms with E-state index in [-0.39, 0.29) is 17.9 Å². The third-order valence-electron chi connectivity index (χ3n) is 6.13. The fourth-order valence-corrected chi connectivity index (χ4v) is 5.00. The van der Waals surface area contributed by atoms with Gasteiger partial charge in [0, 0.05) is 22.9 Å². The maximum absolute atomic E-state index is 12.9. The molecule has 3 aromatic rings. The Kier molecular flexibility index (Phi) is 8.30. The monoisotopic (exact) mass is 469 g/mol. The van der Waals surface area contributed by atoms with E-state index >= 15 is 0 Å². The number of carbonyl (C=O) groups is 2. The molecule has 0 aliphatic rings. The molecule has 3 atom stereocenters. The number of aliphatic carboxylic acids is 1. The van der Waals surface area contributed by atoms with Crippen LogP contribution in [0.25, 0.3) is 11.0 Å². The van der Waals surface area contributed by atoms with Gasteiger partial charge in [-0.05, 0) is 61.2 Å². The van der Waals surface area contributed by atoms with E-state index in [1.807, 2.05) is 26.0 Å². The molecule has 1 amide bonds. The third kappa shape index (κ3) is 6.22. The molecule has 33 heavy (non-hydrogen) atoms. The zero-order chi connectivity index (χ0) is 24.1. The van der Waals surface area contributed by atoms with Crippen molar-refractivity contribution in [2.75, 3.05) is 0 Å². The Morgan fingerprint density at radius 2 is 1.91 bits per heavy atom. The molecule has 0 spiro atoms. The second kappa shape index (κ2) is 11.0. The van der Waals surface area contributed by atoms with Gasteiger partial charge in [-0.15, -0.1) is 11.3 Å². The van der Waals surface area contributed by atoms with E-state index in [9.17, 15) is 14.7 Å². The number of nitrogens with zero attached hydrogens (tertiary/aromatic N) is 2. The smallest absolute Gasteiger partial charge is 0.326 e. The van der Waals surface area contributed by atoms with E-state index < -0.39 is 12.0 Å². The summed E-state index contributed by atoms with van der Waals surface area (Å²) in [6, 6.07) is 9.03. The van der Waals surface area contributed by atoms with E-state index in [0.717, 1.165) is 36.1 Å². The average molecular weight is 470 g/mol. The van der Waals surface area contributed by atoms with Crippen LogP contribution in [0.3, 0.4) is 0 Å². The lowest BCUT2D eigenvalue weighted by Crippen LogP contribution is -2.41. The fraction of sp³-hybridized carbons (Fsp3) is 0.500. The van der Waals surface area contributed by atoms with E-state index in [0.29, 0.717) is 17.9 Å². The highest BCUT2D eigenvalue weighted by Gasteiger charge is 2.24. The SMILES string of the molecule is CCC(C)CC(NC(=O)c1ccc2c(c1)nc(Cc1cccs1)n2C(C)CC(C)C)C(=O)O. The summed E-state index contributed by atoms with van der Waals surface area (Å²) < 4.78 is 2.29. The number of amides is 1. The van der Waals surface area contributed by atoms with Crippen LogP contribution in [0.5, 0.6) is 0 Å². The van der Waals surface area contributed by atoms with Gasteiger partial charge in [-0.25, -0.2) is 9.78 Å². The van der Waals surface area contributed by atoms with Crippen molar-refractivity contribution in [3.63, 3.8) is 0 Å². The molecule has 3 rings (SSSR count). The number of aromatic nitrogens is 2. The fourth-order valence-electron chi connectivity index (χ4n) is 4.30. The van der Waals surface area contributed by atoms with Gasteiger partial charge in [0.1, 0.15) is 11.9 Å². The van der Waals surface area contributed by atoms with Gasteiger partial charge < -0.3 is 15.0 Å². The molecular formula is C26H35N3O3S. The molecule has 2 aromatic heterocycles. The van der Waals surface area contributed by atoms with E-state index in [1.165, 1.54) is 4.88 Å². The zero-order valence-electron chi connectivity index (χ0n) is 20.2. The Morgan fingerprint density at radius 1 is 1.15 bits per heavy atom. The predicted molar refractivity (Wildman–Crippen MR) is 134 cm³/mol. The maximum atomic E-state index is 12.9. The average Bonchev–Trinajstić information content (AvgIpc) is 3.39. The molecule has 0 radical (unpaired) electrons. The summed E-state index contributed by atoms with van der Waals surface area (Å²) in [5.41, 5.74) is 2.20. The van der Waals surface area contributed by atoms with E-state index in [2.05, 4.69) is 42.1 Å². The van der Waals surface area contributed by atoms with Gasteiger partial charge in [-0.3, -0.25) is 4.79 Å². The molecular weight excluding hydrogens is 434 g/mol. The van der Waals surface area contributed by atoms with Gasteiger partial charge in [-0.1, -0.05) is 40.2 Å². The first-order valence-corrected chi connectivity index (χ1v) is 12.6. The van der Waals surface area contributed by atoms with Crippen LogP contribution < -0.4 is 5.32 Å². The van der Waals surface area contributed by atoms with Crippen molar-refractivity contribution in [2.45, 2.75) is 72.4 Å². The molecule has 2 N–H and O–H groups in total. The minimum Gasteiger partial charge on any atom is -0.480 e. The number of rotatable bonds is 11. The van der Waals surface area contributed by atoms with Crippen LogP contribution in [0.4, 0.5) is 0 Å². The normalized spacial score (nSPS) is 14.4. The molecule has 0 bridgehead atoms. The van der Waals surface area contributed by atoms with Crippen LogP contribution in [0, 0.1) is 11.8 Å². The summed E-state index contributed by atoms with van der Waals surface area (Å²) in [5, 5.41) is 14.3. The molecule has 3 unspecified atom stereocenters. The molecule has 2 heterocycles. The first-order valence-electron chi connectivity index (χ1n) is 11.8. The number of carbonyl (C=O) groups excluding carboxylic acids is 1. The van der Waals surface area contributed by atoms with Crippen LogP contribution in [-0.4, -0.2) is 32.6 Å². The highest BCUT2D eigenvalue weighted by Crippen LogP contribution is 2.28. The molecule has 0 saturated heterocycles. The van der Waals surface area contributed by atoms with Crippen LogP contribution in [0.15, 0.2) is 35.7 Å². The Bertz CT molecular complexity index is 1090. The van der Waals surface area contributed by atoms with Crippen molar-refractivity contribution in [3.05, 3.63) is 52.0 Å². The lowest BCUT2D eigenvalue weighted by molar-refractivity contribution is -0.139. The number of hydrogen-bond donors (Lipinski definition) is 2. The van der Waals surface area contributed by atoms with Crippen molar-refractivity contribution < 1.29 is 14.7 Å². The van der Waals surface area contributed by atoms with Crippen LogP contribution in [0.1, 0.15) is 81.0 Å².